The third kappa shape index (κ3) is 4.25. The lowest BCUT2D eigenvalue weighted by molar-refractivity contribution is 0.251. The van der Waals surface area contributed by atoms with E-state index in [0.717, 1.165) is 11.8 Å². The molecule has 134 valence electrons. The van der Waals surface area contributed by atoms with Crippen LogP contribution in [0.25, 0.3) is 5.82 Å². The molecule has 0 spiro atoms. The Bertz CT molecular complexity index is 1020. The van der Waals surface area contributed by atoms with E-state index < -0.39 is 15.9 Å². The molecule has 0 atom stereocenters. The minimum atomic E-state index is -3.34. The molecule has 0 unspecified atom stereocenters. The van der Waals surface area contributed by atoms with E-state index in [0.29, 0.717) is 11.5 Å². The van der Waals surface area contributed by atoms with Crippen LogP contribution in [0.2, 0.25) is 0 Å². The fourth-order valence-corrected chi connectivity index (χ4v) is 2.99. The summed E-state index contributed by atoms with van der Waals surface area (Å²) in [6, 6.07) is 11.0. The lowest BCUT2D eigenvalue weighted by Gasteiger charge is -2.11. The van der Waals surface area contributed by atoms with E-state index >= 15 is 0 Å². The van der Waals surface area contributed by atoms with Crippen LogP contribution in [0.15, 0.2) is 66.0 Å². The summed E-state index contributed by atoms with van der Waals surface area (Å²) < 4.78 is 24.8. The second kappa shape index (κ2) is 7.36. The molecule has 9 heteroatoms. The third-order valence-electron chi connectivity index (χ3n) is 3.55. The van der Waals surface area contributed by atoms with Gasteiger partial charge in [-0.2, -0.15) is 5.10 Å². The van der Waals surface area contributed by atoms with Crippen LogP contribution in [0.3, 0.4) is 0 Å². The molecule has 2 N–H and O–H groups in total. The molecule has 0 bridgehead atoms. The summed E-state index contributed by atoms with van der Waals surface area (Å²) in [6.07, 6.45) is 6.18. The van der Waals surface area contributed by atoms with E-state index in [9.17, 15) is 13.2 Å². The highest BCUT2D eigenvalue weighted by molar-refractivity contribution is 7.90. The van der Waals surface area contributed by atoms with Crippen molar-refractivity contribution in [3.8, 4) is 5.82 Å². The van der Waals surface area contributed by atoms with Crippen LogP contribution in [-0.4, -0.2) is 35.5 Å². The molecule has 1 aromatic carbocycles. The molecule has 2 amide bonds. The second-order valence-corrected chi connectivity index (χ2v) is 7.56. The standard InChI is InChI=1S/C17H17N5O3S/c1-26(24,25)15-7-2-6-14(11-15)21-17(23)19-12-13-5-3-8-18-16(13)22-10-4-9-20-22/h2-11H,12H2,1H3,(H2,19,21,23). The van der Waals surface area contributed by atoms with Gasteiger partial charge in [-0.1, -0.05) is 12.1 Å². The topological polar surface area (TPSA) is 106 Å². The Labute approximate surface area is 150 Å². The normalized spacial score (nSPS) is 11.1. The zero-order valence-electron chi connectivity index (χ0n) is 14.0. The molecule has 3 aromatic rings. The summed E-state index contributed by atoms with van der Waals surface area (Å²) in [6.45, 7) is 0.237. The van der Waals surface area contributed by atoms with E-state index in [-0.39, 0.29) is 11.4 Å². The number of nitrogens with one attached hydrogen (secondary N) is 2. The Hall–Kier alpha value is -3.20. The number of amides is 2. The number of aromatic nitrogens is 3. The average Bonchev–Trinajstić information content (AvgIpc) is 3.14. The number of sulfone groups is 1. The van der Waals surface area contributed by atoms with E-state index in [4.69, 9.17) is 0 Å². The molecular weight excluding hydrogens is 354 g/mol. The maximum atomic E-state index is 12.1. The van der Waals surface area contributed by atoms with Gasteiger partial charge in [-0.3, -0.25) is 0 Å². The van der Waals surface area contributed by atoms with Gasteiger partial charge >= 0.3 is 6.03 Å². The van der Waals surface area contributed by atoms with E-state index in [2.05, 4.69) is 20.7 Å². The van der Waals surface area contributed by atoms with Gasteiger partial charge in [0, 0.05) is 42.6 Å². The van der Waals surface area contributed by atoms with Gasteiger partial charge < -0.3 is 10.6 Å². The maximum absolute atomic E-state index is 12.1. The Morgan fingerprint density at radius 3 is 2.73 bits per heavy atom. The summed E-state index contributed by atoms with van der Waals surface area (Å²) in [4.78, 5) is 16.6. The van der Waals surface area contributed by atoms with Crippen molar-refractivity contribution >= 4 is 21.6 Å². The first-order valence-electron chi connectivity index (χ1n) is 7.72. The minimum Gasteiger partial charge on any atom is -0.334 e. The molecule has 0 aliphatic rings. The van der Waals surface area contributed by atoms with Crippen molar-refractivity contribution in [2.24, 2.45) is 0 Å². The summed E-state index contributed by atoms with van der Waals surface area (Å²) >= 11 is 0. The summed E-state index contributed by atoms with van der Waals surface area (Å²) in [5, 5.41) is 9.49. The number of pyridine rings is 1. The highest BCUT2D eigenvalue weighted by Crippen LogP contribution is 2.15. The van der Waals surface area contributed by atoms with E-state index in [1.165, 1.54) is 12.1 Å². The molecule has 0 radical (unpaired) electrons. The van der Waals surface area contributed by atoms with E-state index in [1.54, 1.807) is 47.5 Å². The number of anilines is 1. The number of nitrogens with zero attached hydrogens (tertiary/aromatic N) is 3. The molecule has 2 aromatic heterocycles. The van der Waals surface area contributed by atoms with Crippen molar-refractivity contribution in [2.45, 2.75) is 11.4 Å². The fraction of sp³-hybridized carbons (Fsp3) is 0.118. The highest BCUT2D eigenvalue weighted by Gasteiger charge is 2.10. The summed E-state index contributed by atoms with van der Waals surface area (Å²) in [5.74, 6) is 0.622. The molecule has 26 heavy (non-hydrogen) atoms. The minimum absolute atomic E-state index is 0.142. The number of carbonyl (C=O) groups is 1. The third-order valence-corrected chi connectivity index (χ3v) is 4.66. The van der Waals surface area contributed by atoms with Crippen LogP contribution in [-0.2, 0) is 16.4 Å². The average molecular weight is 371 g/mol. The van der Waals surface area contributed by atoms with Crippen LogP contribution in [0.1, 0.15) is 5.56 Å². The maximum Gasteiger partial charge on any atom is 0.319 e. The lowest BCUT2D eigenvalue weighted by atomic mass is 10.2. The van der Waals surface area contributed by atoms with Crippen LogP contribution in [0.4, 0.5) is 10.5 Å². The van der Waals surface area contributed by atoms with Gasteiger partial charge in [-0.25, -0.2) is 22.9 Å². The largest absolute Gasteiger partial charge is 0.334 e. The predicted octanol–water partition coefficient (Wildman–Crippen LogP) is 1.99. The molecule has 2 heterocycles. The van der Waals surface area contributed by atoms with Crippen molar-refractivity contribution in [1.29, 1.82) is 0 Å². The molecule has 8 nitrogen and oxygen atoms in total. The Balaban J connectivity index is 1.67. The van der Waals surface area contributed by atoms with Crippen molar-refractivity contribution < 1.29 is 13.2 Å². The van der Waals surface area contributed by atoms with Gasteiger partial charge in [-0.05, 0) is 30.3 Å². The Morgan fingerprint density at radius 1 is 1.15 bits per heavy atom. The Kier molecular flexibility index (Phi) is 4.99. The smallest absolute Gasteiger partial charge is 0.319 e. The number of carbonyl (C=O) groups excluding carboxylic acids is 1. The molecule has 0 aliphatic heterocycles. The van der Waals surface area contributed by atoms with E-state index in [1.807, 2.05) is 6.07 Å². The second-order valence-electron chi connectivity index (χ2n) is 5.54. The number of hydrogen-bond acceptors (Lipinski definition) is 5. The molecular formula is C17H17N5O3S. The van der Waals surface area contributed by atoms with Gasteiger partial charge in [0.2, 0.25) is 0 Å². The van der Waals surface area contributed by atoms with Gasteiger partial charge in [0.1, 0.15) is 0 Å². The first kappa shape index (κ1) is 17.6. The van der Waals surface area contributed by atoms with Crippen LogP contribution in [0, 0.1) is 0 Å². The molecule has 0 fully saturated rings. The lowest BCUT2D eigenvalue weighted by Crippen LogP contribution is -2.28. The van der Waals surface area contributed by atoms with Gasteiger partial charge in [0.25, 0.3) is 0 Å². The van der Waals surface area contributed by atoms with Gasteiger partial charge in [0.15, 0.2) is 15.7 Å². The highest BCUT2D eigenvalue weighted by atomic mass is 32.2. The Morgan fingerprint density at radius 2 is 2.00 bits per heavy atom. The van der Waals surface area contributed by atoms with Gasteiger partial charge in [0.05, 0.1) is 4.90 Å². The molecule has 0 aliphatic carbocycles. The predicted molar refractivity (Wildman–Crippen MR) is 96.8 cm³/mol. The van der Waals surface area contributed by atoms with Crippen molar-refractivity contribution in [2.75, 3.05) is 11.6 Å². The van der Waals surface area contributed by atoms with Gasteiger partial charge in [-0.15, -0.1) is 0 Å². The van der Waals surface area contributed by atoms with Crippen LogP contribution < -0.4 is 10.6 Å². The number of urea groups is 1. The summed E-state index contributed by atoms with van der Waals surface area (Å²) in [5.41, 5.74) is 1.18. The van der Waals surface area contributed by atoms with Crippen LogP contribution >= 0.6 is 0 Å². The number of benzene rings is 1. The molecule has 0 saturated heterocycles. The first-order valence-corrected chi connectivity index (χ1v) is 9.61. The summed E-state index contributed by atoms with van der Waals surface area (Å²) in [7, 11) is -3.34. The number of rotatable bonds is 5. The number of hydrogen-bond donors (Lipinski definition) is 2. The monoisotopic (exact) mass is 371 g/mol. The zero-order valence-corrected chi connectivity index (χ0v) is 14.8. The van der Waals surface area contributed by atoms with Crippen molar-refractivity contribution in [3.63, 3.8) is 0 Å². The SMILES string of the molecule is CS(=O)(=O)c1cccc(NC(=O)NCc2cccnc2-n2cccn2)c1. The molecule has 3 rings (SSSR count). The quantitative estimate of drug-likeness (QED) is 0.713. The molecule has 0 saturated carbocycles. The van der Waals surface area contributed by atoms with Crippen molar-refractivity contribution in [1.82, 2.24) is 20.1 Å². The zero-order chi connectivity index (χ0) is 18.6. The first-order chi connectivity index (χ1) is 12.4. The fourth-order valence-electron chi connectivity index (χ4n) is 2.32. The van der Waals surface area contributed by atoms with Crippen molar-refractivity contribution in [3.05, 3.63) is 66.6 Å². The van der Waals surface area contributed by atoms with Crippen LogP contribution in [0.5, 0.6) is 0 Å².